The van der Waals surface area contributed by atoms with Crippen molar-refractivity contribution in [2.75, 3.05) is 6.54 Å². The molecule has 1 saturated heterocycles. The summed E-state index contributed by atoms with van der Waals surface area (Å²) in [4.78, 5) is 64.3. The van der Waals surface area contributed by atoms with Crippen molar-refractivity contribution >= 4 is 30.1 Å². The van der Waals surface area contributed by atoms with Gasteiger partial charge in [0.25, 0.3) is 0 Å². The number of halogens is 1. The summed E-state index contributed by atoms with van der Waals surface area (Å²) in [6, 6.07) is 2.98. The molecule has 1 aromatic rings. The highest BCUT2D eigenvalue weighted by Gasteiger charge is 2.36. The Morgan fingerprint density at radius 3 is 2.35 bits per heavy atom. The van der Waals surface area contributed by atoms with Gasteiger partial charge in [0, 0.05) is 18.5 Å². The zero-order valence-electron chi connectivity index (χ0n) is 27.7. The Morgan fingerprint density at radius 1 is 1.02 bits per heavy atom. The molecule has 2 aliphatic rings. The minimum Gasteiger partial charge on any atom is -0.445 e. The number of amides is 4. The third kappa shape index (κ3) is 12.0. The second-order valence-electron chi connectivity index (χ2n) is 13.7. The normalized spacial score (nSPS) is 20.4. The number of carbonyl (C=O) groups excluding carboxylic acids is 5. The van der Waals surface area contributed by atoms with Gasteiger partial charge in [-0.15, -0.1) is 0 Å². The summed E-state index contributed by atoms with van der Waals surface area (Å²) < 4.78 is 24.9. The number of nitrogens with one attached hydrogen (secondary N) is 4. The molecule has 12 heteroatoms. The highest BCUT2D eigenvalue weighted by Crippen LogP contribution is 2.31. The van der Waals surface area contributed by atoms with Gasteiger partial charge in [-0.05, 0) is 77.5 Å². The third-order valence-electron chi connectivity index (χ3n) is 8.64. The Kier molecular flexibility index (Phi) is 14.0. The molecule has 2 fully saturated rings. The van der Waals surface area contributed by atoms with E-state index in [4.69, 9.17) is 9.47 Å². The zero-order chi connectivity index (χ0) is 33.9. The molecular formula is C34H51FN4O7. The van der Waals surface area contributed by atoms with Crippen molar-refractivity contribution in [2.45, 2.75) is 122 Å². The van der Waals surface area contributed by atoms with E-state index in [2.05, 4.69) is 21.3 Å². The summed E-state index contributed by atoms with van der Waals surface area (Å²) in [5, 5.41) is 11.1. The van der Waals surface area contributed by atoms with Crippen molar-refractivity contribution in [1.82, 2.24) is 21.3 Å². The summed E-state index contributed by atoms with van der Waals surface area (Å²) >= 11 is 0. The lowest BCUT2D eigenvalue weighted by Crippen LogP contribution is -2.58. The number of alkyl carbamates (subject to hydrolysis) is 1. The Morgan fingerprint density at radius 2 is 1.74 bits per heavy atom. The first-order valence-electron chi connectivity index (χ1n) is 16.4. The van der Waals surface area contributed by atoms with Crippen molar-refractivity contribution < 1.29 is 37.8 Å². The number of hydrogen-bond donors (Lipinski definition) is 4. The molecule has 256 valence electrons. The quantitative estimate of drug-likeness (QED) is 0.211. The van der Waals surface area contributed by atoms with E-state index in [1.807, 2.05) is 20.8 Å². The van der Waals surface area contributed by atoms with Crippen LogP contribution in [0.15, 0.2) is 24.3 Å². The van der Waals surface area contributed by atoms with Gasteiger partial charge in [0.2, 0.25) is 17.7 Å². The van der Waals surface area contributed by atoms with Gasteiger partial charge in [0.15, 0.2) is 0 Å². The van der Waals surface area contributed by atoms with Gasteiger partial charge in [-0.1, -0.05) is 44.2 Å². The fourth-order valence-electron chi connectivity index (χ4n) is 6.32. The number of ether oxygens (including phenoxy) is 2. The predicted octanol–water partition coefficient (Wildman–Crippen LogP) is 3.93. The monoisotopic (exact) mass is 646 g/mol. The summed E-state index contributed by atoms with van der Waals surface area (Å²) in [5.74, 6) is -2.24. The van der Waals surface area contributed by atoms with Crippen LogP contribution in [0.4, 0.5) is 9.18 Å². The standard InChI is InChI=1S/C34H51FN4O7/c1-21(28(17-23-10-7-6-8-11-23)31(42)38-27(19-40)18-25-14-15-36-30(25)41)37-32(43)29(22(2)46-34(3,4)5)39-33(44)45-20-24-12-9-13-26(35)16-24/h9,12-13,16,19,21-23,25,27-29H,6-8,10-11,14-15,17-18,20H2,1-5H3,(H,36,41)(H,37,43)(H,38,42)(H,39,44)/t21?,22-,25+,27+,28-,29+/m1/s1. The first-order valence-corrected chi connectivity index (χ1v) is 16.4. The summed E-state index contributed by atoms with van der Waals surface area (Å²) in [6.45, 7) is 9.22. The Hall–Kier alpha value is -3.54. The van der Waals surface area contributed by atoms with Gasteiger partial charge in [-0.2, -0.15) is 0 Å². The van der Waals surface area contributed by atoms with Crippen LogP contribution in [0.25, 0.3) is 0 Å². The van der Waals surface area contributed by atoms with Crippen molar-refractivity contribution in [3.05, 3.63) is 35.6 Å². The van der Waals surface area contributed by atoms with Crippen LogP contribution in [0.1, 0.15) is 91.5 Å². The van der Waals surface area contributed by atoms with Crippen molar-refractivity contribution in [3.8, 4) is 0 Å². The lowest BCUT2D eigenvalue weighted by atomic mass is 9.80. The largest absolute Gasteiger partial charge is 0.445 e. The van der Waals surface area contributed by atoms with Gasteiger partial charge in [0.1, 0.15) is 24.8 Å². The van der Waals surface area contributed by atoms with Gasteiger partial charge in [-0.3, -0.25) is 14.4 Å². The first kappa shape index (κ1) is 36.9. The van der Waals surface area contributed by atoms with E-state index in [9.17, 15) is 28.4 Å². The molecule has 1 aliphatic carbocycles. The Bertz CT molecular complexity index is 1200. The van der Waals surface area contributed by atoms with E-state index in [0.29, 0.717) is 31.2 Å². The van der Waals surface area contributed by atoms with Crippen molar-refractivity contribution in [2.24, 2.45) is 17.8 Å². The Labute approximate surface area is 271 Å². The van der Waals surface area contributed by atoms with E-state index < -0.39 is 53.6 Å². The van der Waals surface area contributed by atoms with Crippen molar-refractivity contribution in [3.63, 3.8) is 0 Å². The summed E-state index contributed by atoms with van der Waals surface area (Å²) in [5.41, 5.74) is -0.192. The summed E-state index contributed by atoms with van der Waals surface area (Å²) in [7, 11) is 0. The SMILES string of the molecule is CC(NC(=O)[C@@H](NC(=O)OCc1cccc(F)c1)[C@@H](C)OC(C)(C)C)[C@@H](CC1CCCCC1)C(=O)N[C@H](C=O)C[C@@H]1CCNC1=O. The zero-order valence-corrected chi connectivity index (χ0v) is 27.7. The number of rotatable bonds is 15. The molecule has 0 radical (unpaired) electrons. The highest BCUT2D eigenvalue weighted by molar-refractivity contribution is 5.88. The van der Waals surface area contributed by atoms with Crippen LogP contribution in [0.2, 0.25) is 0 Å². The molecule has 4 N–H and O–H groups in total. The lowest BCUT2D eigenvalue weighted by molar-refractivity contribution is -0.134. The second-order valence-corrected chi connectivity index (χ2v) is 13.7. The van der Waals surface area contributed by atoms with E-state index in [0.717, 1.165) is 32.1 Å². The van der Waals surface area contributed by atoms with Gasteiger partial charge in [0.05, 0.1) is 23.7 Å². The second kappa shape index (κ2) is 17.4. The molecule has 0 spiro atoms. The maximum Gasteiger partial charge on any atom is 0.408 e. The molecule has 3 rings (SSSR count). The molecule has 4 amide bonds. The van der Waals surface area contributed by atoms with Crippen LogP contribution in [-0.4, -0.2) is 66.5 Å². The van der Waals surface area contributed by atoms with E-state index >= 15 is 0 Å². The number of aldehydes is 1. The molecule has 0 bridgehead atoms. The number of hydrogen-bond acceptors (Lipinski definition) is 7. The van der Waals surface area contributed by atoms with Crippen LogP contribution in [0.5, 0.6) is 0 Å². The van der Waals surface area contributed by atoms with Crippen LogP contribution < -0.4 is 21.3 Å². The number of benzene rings is 1. The average Bonchev–Trinajstić information content (AvgIpc) is 3.40. The summed E-state index contributed by atoms with van der Waals surface area (Å²) in [6.07, 6.45) is 5.55. The maximum atomic E-state index is 13.8. The maximum absolute atomic E-state index is 13.8. The van der Waals surface area contributed by atoms with E-state index in [1.165, 1.54) is 18.2 Å². The minimum absolute atomic E-state index is 0.125. The third-order valence-corrected chi connectivity index (χ3v) is 8.64. The smallest absolute Gasteiger partial charge is 0.408 e. The molecule has 1 aliphatic heterocycles. The fourth-order valence-corrected chi connectivity index (χ4v) is 6.32. The minimum atomic E-state index is -1.18. The topological polar surface area (TPSA) is 152 Å². The van der Waals surface area contributed by atoms with E-state index in [1.54, 1.807) is 19.9 Å². The highest BCUT2D eigenvalue weighted by atomic mass is 19.1. The van der Waals surface area contributed by atoms with Gasteiger partial charge < -0.3 is 35.5 Å². The molecule has 0 aromatic heterocycles. The molecule has 1 unspecified atom stereocenters. The predicted molar refractivity (Wildman–Crippen MR) is 170 cm³/mol. The van der Waals surface area contributed by atoms with E-state index in [-0.39, 0.29) is 36.7 Å². The van der Waals surface area contributed by atoms with Gasteiger partial charge in [-0.25, -0.2) is 9.18 Å². The molecular weight excluding hydrogens is 595 g/mol. The van der Waals surface area contributed by atoms with Gasteiger partial charge >= 0.3 is 6.09 Å². The molecule has 6 atom stereocenters. The lowest BCUT2D eigenvalue weighted by Gasteiger charge is -2.33. The fraction of sp³-hybridized carbons (Fsp3) is 0.676. The van der Waals surface area contributed by atoms with Crippen LogP contribution in [0, 0.1) is 23.6 Å². The van der Waals surface area contributed by atoms with Crippen LogP contribution in [-0.2, 0) is 35.3 Å². The van der Waals surface area contributed by atoms with Crippen LogP contribution in [0.3, 0.4) is 0 Å². The molecule has 46 heavy (non-hydrogen) atoms. The molecule has 1 saturated carbocycles. The first-order chi connectivity index (χ1) is 21.8. The Balaban J connectivity index is 1.73. The van der Waals surface area contributed by atoms with Crippen molar-refractivity contribution in [1.29, 1.82) is 0 Å². The average molecular weight is 647 g/mol. The number of carbonyl (C=O) groups is 5. The van der Waals surface area contributed by atoms with Crippen LogP contribution >= 0.6 is 0 Å². The molecule has 1 heterocycles. The molecule has 11 nitrogen and oxygen atoms in total. The molecule has 1 aromatic carbocycles.